The summed E-state index contributed by atoms with van der Waals surface area (Å²) in [7, 11) is 0. The number of amides is 1. The van der Waals surface area contributed by atoms with Gasteiger partial charge in [0, 0.05) is 44.0 Å². The molecule has 1 aliphatic heterocycles. The highest BCUT2D eigenvalue weighted by Crippen LogP contribution is 2.29. The highest BCUT2D eigenvalue weighted by atomic mass is 19.4. The molecule has 33 heavy (non-hydrogen) atoms. The molecule has 0 aromatic carbocycles. The fourth-order valence-corrected chi connectivity index (χ4v) is 3.37. The van der Waals surface area contributed by atoms with E-state index in [9.17, 15) is 18.0 Å². The molecule has 1 fully saturated rings. The molecule has 0 bridgehead atoms. The second kappa shape index (κ2) is 8.07. The molecular formula is C20H15F3N6O4. The Morgan fingerprint density at radius 2 is 1.82 bits per heavy atom. The molecule has 4 aromatic rings. The van der Waals surface area contributed by atoms with Gasteiger partial charge < -0.3 is 23.3 Å². The summed E-state index contributed by atoms with van der Waals surface area (Å²) in [4.78, 5) is 24.0. The third kappa shape index (κ3) is 4.16. The van der Waals surface area contributed by atoms with E-state index in [0.29, 0.717) is 49.1 Å². The van der Waals surface area contributed by atoms with E-state index >= 15 is 0 Å². The Bertz CT molecular complexity index is 1240. The molecule has 0 spiro atoms. The standard InChI is InChI=1S/C20H15F3N6O4/c21-20(22,23)19-25-17(27-33-19)12-3-4-16(24-11-12)28-5-7-29(8-6-28)18(30)13-10-15(32-26-13)14-2-1-9-31-14/h1-4,9-11H,5-8H2. The van der Waals surface area contributed by atoms with Gasteiger partial charge in [0.15, 0.2) is 11.5 Å². The van der Waals surface area contributed by atoms with Gasteiger partial charge in [0.2, 0.25) is 11.6 Å². The summed E-state index contributed by atoms with van der Waals surface area (Å²) >= 11 is 0. The van der Waals surface area contributed by atoms with Crippen LogP contribution in [0.3, 0.4) is 0 Å². The lowest BCUT2D eigenvalue weighted by Crippen LogP contribution is -2.49. The normalized spacial score (nSPS) is 14.6. The Hall–Kier alpha value is -4.16. The number of anilines is 1. The number of halogens is 3. The van der Waals surface area contributed by atoms with Crippen LogP contribution in [0.15, 0.2) is 56.3 Å². The van der Waals surface area contributed by atoms with Gasteiger partial charge in [0.05, 0.1) is 6.26 Å². The molecule has 0 saturated carbocycles. The number of rotatable bonds is 4. The van der Waals surface area contributed by atoms with Crippen molar-refractivity contribution in [1.29, 1.82) is 0 Å². The third-order valence-electron chi connectivity index (χ3n) is 5.06. The lowest BCUT2D eigenvalue weighted by Gasteiger charge is -2.35. The average molecular weight is 460 g/mol. The molecule has 170 valence electrons. The van der Waals surface area contributed by atoms with E-state index in [1.807, 2.05) is 4.90 Å². The highest BCUT2D eigenvalue weighted by molar-refractivity contribution is 5.93. The quantitative estimate of drug-likeness (QED) is 0.452. The highest BCUT2D eigenvalue weighted by Gasteiger charge is 2.38. The molecule has 1 aliphatic rings. The molecule has 0 radical (unpaired) electrons. The van der Waals surface area contributed by atoms with Crippen molar-refractivity contribution in [2.75, 3.05) is 31.1 Å². The van der Waals surface area contributed by atoms with Gasteiger partial charge in [-0.05, 0) is 24.3 Å². The Kier molecular flexibility index (Phi) is 5.07. The predicted octanol–water partition coefficient (Wildman–Crippen LogP) is 3.36. The minimum absolute atomic E-state index is 0.190. The molecule has 0 unspecified atom stereocenters. The van der Waals surface area contributed by atoms with Crippen molar-refractivity contribution in [2.24, 2.45) is 0 Å². The molecule has 1 saturated heterocycles. The van der Waals surface area contributed by atoms with Crippen molar-refractivity contribution in [3.8, 4) is 22.9 Å². The summed E-state index contributed by atoms with van der Waals surface area (Å²) in [6, 6.07) is 8.18. The van der Waals surface area contributed by atoms with Crippen LogP contribution >= 0.6 is 0 Å². The Morgan fingerprint density at radius 3 is 2.45 bits per heavy atom. The first-order chi connectivity index (χ1) is 15.9. The van der Waals surface area contributed by atoms with Gasteiger partial charge in [-0.25, -0.2) is 4.98 Å². The largest absolute Gasteiger partial charge is 0.471 e. The summed E-state index contributed by atoms with van der Waals surface area (Å²) in [6.45, 7) is 1.90. The number of piperazine rings is 1. The zero-order chi connectivity index (χ0) is 23.0. The molecule has 4 aromatic heterocycles. The minimum Gasteiger partial charge on any atom is -0.461 e. The Morgan fingerprint density at radius 1 is 1.00 bits per heavy atom. The summed E-state index contributed by atoms with van der Waals surface area (Å²) < 4.78 is 52.6. The molecule has 0 N–H and O–H groups in total. The molecule has 0 aliphatic carbocycles. The maximum absolute atomic E-state index is 12.7. The van der Waals surface area contributed by atoms with Crippen LogP contribution in [-0.4, -0.2) is 57.3 Å². The molecule has 10 nitrogen and oxygen atoms in total. The SMILES string of the molecule is O=C(c1cc(-c2ccco2)on1)N1CCN(c2ccc(-c3noc(C(F)(F)F)n3)cn2)CC1. The maximum atomic E-state index is 12.7. The van der Waals surface area contributed by atoms with Crippen molar-refractivity contribution in [3.05, 3.63) is 54.4 Å². The Labute approximate surface area is 183 Å². The van der Waals surface area contributed by atoms with Gasteiger partial charge in [0.25, 0.3) is 5.91 Å². The fraction of sp³-hybridized carbons (Fsp3) is 0.250. The smallest absolute Gasteiger partial charge is 0.461 e. The first-order valence-corrected chi connectivity index (χ1v) is 9.80. The van der Waals surface area contributed by atoms with E-state index in [1.165, 1.54) is 18.5 Å². The van der Waals surface area contributed by atoms with Crippen LogP contribution in [0.2, 0.25) is 0 Å². The number of carbonyl (C=O) groups is 1. The van der Waals surface area contributed by atoms with Gasteiger partial charge in [0.1, 0.15) is 5.82 Å². The van der Waals surface area contributed by atoms with E-state index in [2.05, 4.69) is 24.8 Å². The number of pyridine rings is 1. The van der Waals surface area contributed by atoms with Gasteiger partial charge in [-0.15, -0.1) is 0 Å². The number of nitrogens with zero attached hydrogens (tertiary/aromatic N) is 6. The average Bonchev–Trinajstić information content (AvgIpc) is 3.59. The molecular weight excluding hydrogens is 445 g/mol. The van der Waals surface area contributed by atoms with Crippen LogP contribution in [0.5, 0.6) is 0 Å². The summed E-state index contributed by atoms with van der Waals surface area (Å²) in [5.74, 6) is -0.389. The van der Waals surface area contributed by atoms with Crippen molar-refractivity contribution in [1.82, 2.24) is 25.2 Å². The van der Waals surface area contributed by atoms with Gasteiger partial charge in [-0.3, -0.25) is 4.79 Å². The lowest BCUT2D eigenvalue weighted by atomic mass is 10.2. The first kappa shape index (κ1) is 20.7. The molecule has 5 rings (SSSR count). The fourth-order valence-electron chi connectivity index (χ4n) is 3.37. The van der Waals surface area contributed by atoms with Crippen molar-refractivity contribution >= 4 is 11.7 Å². The second-order valence-corrected chi connectivity index (χ2v) is 7.16. The van der Waals surface area contributed by atoms with Crippen LogP contribution < -0.4 is 4.90 Å². The summed E-state index contributed by atoms with van der Waals surface area (Å²) in [6.07, 6.45) is -1.83. The lowest BCUT2D eigenvalue weighted by molar-refractivity contribution is -0.159. The molecule has 5 heterocycles. The maximum Gasteiger partial charge on any atom is 0.471 e. The zero-order valence-corrected chi connectivity index (χ0v) is 16.8. The van der Waals surface area contributed by atoms with E-state index in [0.717, 1.165) is 0 Å². The van der Waals surface area contributed by atoms with Gasteiger partial charge in [-0.1, -0.05) is 10.3 Å². The third-order valence-corrected chi connectivity index (χ3v) is 5.06. The van der Waals surface area contributed by atoms with E-state index in [4.69, 9.17) is 8.94 Å². The number of hydrogen-bond donors (Lipinski definition) is 0. The van der Waals surface area contributed by atoms with E-state index in [-0.39, 0.29) is 17.4 Å². The summed E-state index contributed by atoms with van der Waals surface area (Å²) in [5, 5.41) is 7.19. The Balaban J connectivity index is 1.20. The number of hydrogen-bond acceptors (Lipinski definition) is 9. The molecule has 13 heteroatoms. The first-order valence-electron chi connectivity index (χ1n) is 9.80. The number of aromatic nitrogens is 4. The van der Waals surface area contributed by atoms with Crippen molar-refractivity contribution in [2.45, 2.75) is 6.18 Å². The number of carbonyl (C=O) groups excluding carboxylic acids is 1. The van der Waals surface area contributed by atoms with E-state index in [1.54, 1.807) is 29.2 Å². The van der Waals surface area contributed by atoms with Crippen LogP contribution in [0, 0.1) is 0 Å². The van der Waals surface area contributed by atoms with Gasteiger partial charge in [-0.2, -0.15) is 18.2 Å². The van der Waals surface area contributed by atoms with Crippen LogP contribution in [-0.2, 0) is 6.18 Å². The molecule has 1 amide bonds. The van der Waals surface area contributed by atoms with Crippen LogP contribution in [0.25, 0.3) is 22.9 Å². The molecule has 0 atom stereocenters. The van der Waals surface area contributed by atoms with Gasteiger partial charge >= 0.3 is 12.1 Å². The van der Waals surface area contributed by atoms with E-state index < -0.39 is 12.1 Å². The minimum atomic E-state index is -4.71. The number of alkyl halides is 3. The van der Waals surface area contributed by atoms with Crippen LogP contribution in [0.4, 0.5) is 19.0 Å². The topological polar surface area (TPSA) is 115 Å². The summed E-state index contributed by atoms with van der Waals surface area (Å²) in [5.41, 5.74) is 0.487. The second-order valence-electron chi connectivity index (χ2n) is 7.16. The van der Waals surface area contributed by atoms with Crippen LogP contribution in [0.1, 0.15) is 16.4 Å². The number of furan rings is 1. The van der Waals surface area contributed by atoms with Crippen molar-refractivity contribution in [3.63, 3.8) is 0 Å². The zero-order valence-electron chi connectivity index (χ0n) is 16.8. The predicted molar refractivity (Wildman–Crippen MR) is 105 cm³/mol. The van der Waals surface area contributed by atoms with Crippen molar-refractivity contribution < 1.29 is 31.4 Å². The monoisotopic (exact) mass is 460 g/mol.